The van der Waals surface area contributed by atoms with Crippen LogP contribution in [0.5, 0.6) is 0 Å². The summed E-state index contributed by atoms with van der Waals surface area (Å²) in [4.78, 5) is 7.46. The molecular weight excluding hydrogens is 1310 g/mol. The van der Waals surface area contributed by atoms with Crippen molar-refractivity contribution in [3.05, 3.63) is 0 Å². The third-order valence-corrected chi connectivity index (χ3v) is 28.6. The van der Waals surface area contributed by atoms with Gasteiger partial charge in [0.25, 0.3) is 10.2 Å². The molecule has 1 saturated carbocycles. The zero-order valence-electron chi connectivity index (χ0n) is 59.3. The second-order valence-electron chi connectivity index (χ2n) is 27.7. The highest BCUT2D eigenvalue weighted by Gasteiger charge is 2.50. The fourth-order valence-electron chi connectivity index (χ4n) is 11.4. The molecule has 0 aromatic heterocycles. The number of ether oxygens (including phenoxy) is 4. The molecule has 0 radical (unpaired) electrons. The molecule has 92 heavy (non-hydrogen) atoms. The van der Waals surface area contributed by atoms with Gasteiger partial charge in [0.1, 0.15) is 0 Å². The van der Waals surface area contributed by atoms with E-state index in [1.54, 1.807) is 8.61 Å². The second-order valence-corrected chi connectivity index (χ2v) is 39.0. The lowest BCUT2D eigenvalue weighted by molar-refractivity contribution is -0.195. The molecule has 548 valence electrons. The largest absolute Gasteiger partial charge is 0.380 e. The highest BCUT2D eigenvalue weighted by atomic mass is 32.2. The maximum absolute atomic E-state index is 11.3. The van der Waals surface area contributed by atoms with Crippen LogP contribution in [0.2, 0.25) is 0 Å². The van der Waals surface area contributed by atoms with Crippen LogP contribution in [-0.4, -0.2) is 306 Å². The summed E-state index contributed by atoms with van der Waals surface area (Å²) in [6.07, 6.45) is 6.10. The fraction of sp³-hybridized carbons (Fsp3) is 1.00. The van der Waals surface area contributed by atoms with Crippen LogP contribution in [0.3, 0.4) is 0 Å². The van der Waals surface area contributed by atoms with Crippen LogP contribution >= 0.6 is 0 Å². The average molecular weight is 1440 g/mol. The van der Waals surface area contributed by atoms with Gasteiger partial charge in [-0.25, -0.2) is 38.4 Å². The summed E-state index contributed by atoms with van der Waals surface area (Å²) in [6.45, 7) is 53.0. The van der Waals surface area contributed by atoms with Crippen molar-refractivity contribution >= 4 is 60.6 Å². The number of rotatable bonds is 9. The van der Waals surface area contributed by atoms with Crippen LogP contribution in [0.25, 0.3) is 0 Å². The van der Waals surface area contributed by atoms with Crippen molar-refractivity contribution in [2.45, 2.75) is 223 Å². The molecule has 1 aliphatic carbocycles. The molecule has 0 aromatic rings. The number of morpholine rings is 2. The van der Waals surface area contributed by atoms with Crippen molar-refractivity contribution in [3.8, 4) is 0 Å². The van der Waals surface area contributed by atoms with Gasteiger partial charge in [0.05, 0.1) is 69.1 Å². The van der Waals surface area contributed by atoms with Gasteiger partial charge in [-0.3, -0.25) is 18.9 Å². The molecule has 27 nitrogen and oxygen atoms in total. The van der Waals surface area contributed by atoms with Gasteiger partial charge in [-0.2, -0.15) is 42.7 Å². The smallest absolute Gasteiger partial charge is 0.338 e. The minimum Gasteiger partial charge on any atom is -0.380 e. The van der Waals surface area contributed by atoms with Gasteiger partial charge in [0.2, 0.25) is 40.1 Å². The number of hydrogen-bond donors (Lipinski definition) is 1. The highest BCUT2D eigenvalue weighted by Crippen LogP contribution is 2.42. The van der Waals surface area contributed by atoms with E-state index in [9.17, 15) is 50.5 Å². The van der Waals surface area contributed by atoms with Crippen LogP contribution in [0.1, 0.15) is 163 Å². The van der Waals surface area contributed by atoms with Gasteiger partial charge >= 0.3 is 10.3 Å². The molecule has 2 spiro atoms. The van der Waals surface area contributed by atoms with E-state index in [0.717, 1.165) is 84.4 Å². The zero-order valence-corrected chi connectivity index (χ0v) is 64.2. The van der Waals surface area contributed by atoms with E-state index in [0.29, 0.717) is 99.4 Å². The third-order valence-electron chi connectivity index (χ3n) is 17.1. The zero-order chi connectivity index (χ0) is 69.8. The van der Waals surface area contributed by atoms with Crippen molar-refractivity contribution in [1.82, 2.24) is 45.3 Å². The van der Waals surface area contributed by atoms with E-state index in [2.05, 4.69) is 65.1 Å². The molecule has 11 rings (SSSR count). The third kappa shape index (κ3) is 27.7. The van der Waals surface area contributed by atoms with Crippen LogP contribution in [0.4, 0.5) is 0 Å². The first-order chi connectivity index (χ1) is 42.5. The molecule has 11 aliphatic rings. The number of likely N-dealkylation sites (tertiary alicyclic amines) is 1. The lowest BCUT2D eigenvalue weighted by Crippen LogP contribution is -2.67. The van der Waals surface area contributed by atoms with Crippen molar-refractivity contribution < 1.29 is 73.6 Å². The first-order valence-corrected chi connectivity index (χ1v) is 42.7. The van der Waals surface area contributed by atoms with Gasteiger partial charge in [-0.15, -0.1) is 0 Å². The molecule has 0 unspecified atom stereocenters. The second kappa shape index (κ2) is 38.1. The molecule has 11 fully saturated rings. The average Bonchev–Trinajstić information content (AvgIpc) is 0.882. The van der Waals surface area contributed by atoms with Gasteiger partial charge in [-0.1, -0.05) is 0 Å². The Hall–Kier alpha value is -0.900. The quantitative estimate of drug-likeness (QED) is 0.342. The molecule has 33 heteroatoms. The Kier molecular flexibility index (Phi) is 35.3. The Morgan fingerprint density at radius 1 is 0.348 bits per heavy atom. The van der Waals surface area contributed by atoms with E-state index in [-0.39, 0.29) is 42.2 Å². The van der Waals surface area contributed by atoms with Gasteiger partial charge in [0, 0.05) is 145 Å². The summed E-state index contributed by atoms with van der Waals surface area (Å²) in [6, 6.07) is 2.62. The SMILES string of the molecule is CC(C)N1CC2(COC2)C1.CC(C)N1CCCCS1(=O)=O.CC(C)N1CCCNS1(=O)=O.CC(C)N1CCCS1(=O)=O.CC(C)N1CCOC2(CC2)C1.CC(C)N1CCOCC1.CC(C)N1CCOCS1(=O)=O.CC(C)N1CCOS1(=O)=O.CC(C)N1CCS1(=O)=O. The molecule has 1 N–H and O–H groups in total. The maximum atomic E-state index is 11.3. The van der Waals surface area contributed by atoms with Crippen LogP contribution in [-0.2, 0) is 83.7 Å². The molecule has 0 amide bonds. The lowest BCUT2D eigenvalue weighted by Gasteiger charge is -2.56. The summed E-state index contributed by atoms with van der Waals surface area (Å²) in [5.74, 6) is 0.854. The van der Waals surface area contributed by atoms with Crippen LogP contribution in [0, 0.1) is 5.41 Å². The Balaban J connectivity index is 0.000000270. The molecule has 10 aliphatic heterocycles. The summed E-state index contributed by atoms with van der Waals surface area (Å²) < 4.78 is 170. The molecule has 0 bridgehead atoms. The van der Waals surface area contributed by atoms with Crippen molar-refractivity contribution in [2.75, 3.05) is 155 Å². The number of hydrogen-bond acceptors (Lipinski definition) is 20. The van der Waals surface area contributed by atoms with E-state index < -0.39 is 60.6 Å². The molecule has 10 heterocycles. The molecule has 0 aromatic carbocycles. The Morgan fingerprint density at radius 2 is 0.772 bits per heavy atom. The fourth-order valence-corrected chi connectivity index (χ4v) is 20.5. The molecular formula is C59H124N10O17S6. The predicted molar refractivity (Wildman–Crippen MR) is 365 cm³/mol. The van der Waals surface area contributed by atoms with Crippen molar-refractivity contribution in [2.24, 2.45) is 5.41 Å². The monoisotopic (exact) mass is 1440 g/mol. The maximum Gasteiger partial charge on any atom is 0.338 e. The van der Waals surface area contributed by atoms with Gasteiger partial charge < -0.3 is 18.9 Å². The standard InChI is InChI=1S/C9H17NO.C8H15NO.C7H15NO2S.C7H15NO.C6H14N2O2S.C6H13NO3S.C6H13NO2S.C5H11NO3S.C5H11NO2S/c1-8(2)10-5-6-11-9(7-10)3-4-9;1-7(2)9-3-8(4-9)5-10-6-8;1-7(2)8-5-3-4-6-11(8,9)10;1-7(2)8-3-5-9-6-4-8;1-6(2)8-5-3-4-7-11(8,9)10;1-6(2)7-3-4-10-5-11(7,8)9;1-6(2)7-4-3-5-10(7,8)9;1-5(2)6-3-4-9-10(6,7)8;1-5(2)6-3-4-9(6,7)8/h8H,3-7H2,1-2H3;7H,3-6H2,1-2H3;7H,3-6H2,1-2H3;7H,3-6H2,1-2H3;6-7H,3-5H2,1-2H3;6H,3-5H2,1-2H3;6H,3-5H2,1-2H3;5H,3-4H2,1-2H3;5H,3-4H2,1-2H3. The first kappa shape index (κ1) is 85.3. The summed E-state index contributed by atoms with van der Waals surface area (Å²) in [7, 11) is -18.1. The van der Waals surface area contributed by atoms with Crippen molar-refractivity contribution in [1.29, 1.82) is 0 Å². The van der Waals surface area contributed by atoms with E-state index >= 15 is 0 Å². The lowest BCUT2D eigenvalue weighted by atomic mass is 9.77. The summed E-state index contributed by atoms with van der Waals surface area (Å²) in [5.41, 5.74) is 0.910. The number of nitrogens with zero attached hydrogens (tertiary/aromatic N) is 9. The number of nitrogens with one attached hydrogen (secondary N) is 1. The Bertz CT molecular complexity index is 2680. The Morgan fingerprint density at radius 3 is 1.07 bits per heavy atom. The minimum absolute atomic E-state index is 0.00694. The minimum atomic E-state index is -3.35. The normalized spacial score (nSPS) is 26.5. The van der Waals surface area contributed by atoms with E-state index in [4.69, 9.17) is 18.9 Å². The van der Waals surface area contributed by atoms with Gasteiger partial charge in [0.15, 0.2) is 5.94 Å². The van der Waals surface area contributed by atoms with Crippen LogP contribution in [0.15, 0.2) is 0 Å². The molecule has 10 saturated heterocycles. The Labute approximate surface area is 559 Å². The number of sulfonamides is 4. The van der Waals surface area contributed by atoms with E-state index in [1.807, 2.05) is 83.1 Å². The highest BCUT2D eigenvalue weighted by molar-refractivity contribution is 7.90. The van der Waals surface area contributed by atoms with E-state index in [1.165, 1.54) is 49.7 Å². The first-order valence-electron chi connectivity index (χ1n) is 33.5. The summed E-state index contributed by atoms with van der Waals surface area (Å²) >= 11 is 0. The topological polar surface area (TPSA) is 292 Å². The molecule has 0 atom stereocenters. The van der Waals surface area contributed by atoms with Gasteiger partial charge in [-0.05, 0) is 163 Å². The van der Waals surface area contributed by atoms with Crippen molar-refractivity contribution in [3.63, 3.8) is 0 Å². The summed E-state index contributed by atoms with van der Waals surface area (Å²) in [5, 5.41) is 0. The van der Waals surface area contributed by atoms with Crippen LogP contribution < -0.4 is 4.72 Å². The predicted octanol–water partition coefficient (Wildman–Crippen LogP) is 3.93.